The number of aryl methyl sites for hydroxylation is 2. The number of carbonyl (C=O) groups is 3. The van der Waals surface area contributed by atoms with Crippen LogP contribution in [0.5, 0.6) is 0 Å². The van der Waals surface area contributed by atoms with Gasteiger partial charge in [0, 0.05) is 49.4 Å². The second kappa shape index (κ2) is 13.6. The number of piperidine rings is 1. The van der Waals surface area contributed by atoms with Crippen molar-refractivity contribution in [1.29, 1.82) is 0 Å². The van der Waals surface area contributed by atoms with Crippen LogP contribution < -0.4 is 16.3 Å². The van der Waals surface area contributed by atoms with E-state index in [1.165, 1.54) is 0 Å². The molecule has 12 nitrogen and oxygen atoms in total. The summed E-state index contributed by atoms with van der Waals surface area (Å²) in [4.78, 5) is 63.3. The highest BCUT2D eigenvalue weighted by Crippen LogP contribution is 2.35. The molecule has 0 bridgehead atoms. The number of imide groups is 1. The van der Waals surface area contributed by atoms with Gasteiger partial charge in [0.15, 0.2) is 0 Å². The number of benzene rings is 3. The molecule has 1 saturated heterocycles. The Hall–Kier alpha value is -6.87. The maximum atomic E-state index is 12.9. The third-order valence-electron chi connectivity index (χ3n) is 10.1. The number of carbonyl (C=O) groups excluding carboxylic acids is 3. The van der Waals surface area contributed by atoms with E-state index in [2.05, 4.69) is 64.5 Å². The fraction of sp³-hybridized carbons (Fsp3) is 0.214. The van der Waals surface area contributed by atoms with Crippen LogP contribution in [0.1, 0.15) is 60.3 Å². The van der Waals surface area contributed by atoms with Crippen LogP contribution in [0.3, 0.4) is 0 Å². The number of fused-ring (bicyclic) bond motifs is 3. The first-order valence-corrected chi connectivity index (χ1v) is 17.7. The molecule has 5 heterocycles. The zero-order valence-electron chi connectivity index (χ0n) is 30.2. The van der Waals surface area contributed by atoms with Gasteiger partial charge < -0.3 is 9.88 Å². The molecular weight excluding hydrogens is 681 g/mol. The van der Waals surface area contributed by atoms with Crippen molar-refractivity contribution in [2.45, 2.75) is 38.6 Å². The van der Waals surface area contributed by atoms with Gasteiger partial charge in [-0.2, -0.15) is 0 Å². The highest BCUT2D eigenvalue weighted by atomic mass is 16.2. The molecular formula is C42H36N8O4. The lowest BCUT2D eigenvalue weighted by Crippen LogP contribution is -2.41. The standard InChI is InChI=1S/C42H36N8O4/c1-24(2)30-18-28(20-37-39(30)49(4)42(54)48(37)3)29-9-5-8-26-19-34(45-22-31(26)29)27-11-13-33(44-21-27)40(52)43-16-6-7-25-10-12-32-36(17-25)50(23-46-32)35-14-15-38(51)47-41(35)53/h5,8-13,17-24,35H,14-16H2,1-4H3,(H,43,52)(H,47,51,53). The van der Waals surface area contributed by atoms with Crippen LogP contribution in [0.25, 0.3) is 55.2 Å². The van der Waals surface area contributed by atoms with Crippen molar-refractivity contribution in [3.8, 4) is 34.2 Å². The molecule has 1 aliphatic rings. The van der Waals surface area contributed by atoms with E-state index in [1.54, 1.807) is 39.3 Å². The summed E-state index contributed by atoms with van der Waals surface area (Å²) >= 11 is 0. The van der Waals surface area contributed by atoms with Crippen LogP contribution in [-0.2, 0) is 23.7 Å². The maximum absolute atomic E-state index is 12.9. The van der Waals surface area contributed by atoms with E-state index in [-0.39, 0.29) is 48.0 Å². The van der Waals surface area contributed by atoms with Crippen molar-refractivity contribution >= 4 is 50.6 Å². The summed E-state index contributed by atoms with van der Waals surface area (Å²) in [6, 6.07) is 20.9. The van der Waals surface area contributed by atoms with Gasteiger partial charge in [-0.1, -0.05) is 43.9 Å². The summed E-state index contributed by atoms with van der Waals surface area (Å²) in [5.74, 6) is 5.29. The lowest BCUT2D eigenvalue weighted by molar-refractivity contribution is -0.135. The molecule has 3 amide bonds. The van der Waals surface area contributed by atoms with Crippen LogP contribution in [0, 0.1) is 11.8 Å². The first-order chi connectivity index (χ1) is 26.1. The number of amides is 3. The molecule has 0 saturated carbocycles. The molecule has 1 fully saturated rings. The number of pyridine rings is 2. The average molecular weight is 717 g/mol. The molecule has 54 heavy (non-hydrogen) atoms. The van der Waals surface area contributed by atoms with E-state index in [4.69, 9.17) is 4.98 Å². The van der Waals surface area contributed by atoms with Gasteiger partial charge >= 0.3 is 5.69 Å². The topological polar surface area (TPSA) is 146 Å². The third kappa shape index (κ3) is 6.09. The van der Waals surface area contributed by atoms with Crippen LogP contribution in [0.2, 0.25) is 0 Å². The first kappa shape index (κ1) is 34.2. The number of imidazole rings is 2. The van der Waals surface area contributed by atoms with E-state index >= 15 is 0 Å². The zero-order chi connectivity index (χ0) is 37.7. The van der Waals surface area contributed by atoms with Crippen molar-refractivity contribution in [3.63, 3.8) is 0 Å². The van der Waals surface area contributed by atoms with E-state index in [0.717, 1.165) is 55.3 Å². The van der Waals surface area contributed by atoms with Crippen LogP contribution in [0.15, 0.2) is 90.2 Å². The first-order valence-electron chi connectivity index (χ1n) is 17.7. The van der Waals surface area contributed by atoms with E-state index < -0.39 is 6.04 Å². The number of hydrogen-bond acceptors (Lipinski definition) is 7. The molecule has 8 rings (SSSR count). The minimum atomic E-state index is -0.516. The normalized spacial score (nSPS) is 14.4. The lowest BCUT2D eigenvalue weighted by atomic mass is 9.93. The molecule has 3 aromatic carbocycles. The highest BCUT2D eigenvalue weighted by molar-refractivity contribution is 6.01. The summed E-state index contributed by atoms with van der Waals surface area (Å²) in [5, 5.41) is 7.18. The molecule has 2 N–H and O–H groups in total. The van der Waals surface area contributed by atoms with Gasteiger partial charge in [0.2, 0.25) is 11.8 Å². The smallest absolute Gasteiger partial charge is 0.328 e. The molecule has 1 aliphatic heterocycles. The van der Waals surface area contributed by atoms with Crippen LogP contribution >= 0.6 is 0 Å². The lowest BCUT2D eigenvalue weighted by Gasteiger charge is -2.22. The second-order valence-corrected chi connectivity index (χ2v) is 13.8. The summed E-state index contributed by atoms with van der Waals surface area (Å²) < 4.78 is 5.19. The molecule has 4 aromatic heterocycles. The predicted octanol–water partition coefficient (Wildman–Crippen LogP) is 5.39. The average Bonchev–Trinajstić information content (AvgIpc) is 3.69. The highest BCUT2D eigenvalue weighted by Gasteiger charge is 2.29. The largest absolute Gasteiger partial charge is 0.340 e. The minimum Gasteiger partial charge on any atom is -0.340 e. The van der Waals surface area contributed by atoms with Gasteiger partial charge in [0.05, 0.1) is 40.6 Å². The fourth-order valence-corrected chi connectivity index (χ4v) is 7.20. The number of aromatic nitrogens is 6. The Balaban J connectivity index is 0.968. The summed E-state index contributed by atoms with van der Waals surface area (Å²) in [6.07, 6.45) is 5.78. The van der Waals surface area contributed by atoms with Gasteiger partial charge in [-0.05, 0) is 82.9 Å². The fourth-order valence-electron chi connectivity index (χ4n) is 7.20. The van der Waals surface area contributed by atoms with Gasteiger partial charge in [-0.3, -0.25) is 38.8 Å². The van der Waals surface area contributed by atoms with E-state index in [9.17, 15) is 19.2 Å². The third-order valence-corrected chi connectivity index (χ3v) is 10.1. The molecule has 0 aliphatic carbocycles. The quantitative estimate of drug-likeness (QED) is 0.174. The number of nitrogens with one attached hydrogen (secondary N) is 2. The Morgan fingerprint density at radius 1 is 0.926 bits per heavy atom. The van der Waals surface area contributed by atoms with E-state index in [1.807, 2.05) is 55.7 Å². The molecule has 7 aromatic rings. The van der Waals surface area contributed by atoms with Crippen LogP contribution in [-0.4, -0.2) is 52.9 Å². The molecule has 1 unspecified atom stereocenters. The predicted molar refractivity (Wildman–Crippen MR) is 207 cm³/mol. The second-order valence-electron chi connectivity index (χ2n) is 13.8. The zero-order valence-corrected chi connectivity index (χ0v) is 30.2. The number of rotatable bonds is 6. The van der Waals surface area contributed by atoms with Crippen molar-refractivity contribution in [3.05, 3.63) is 113 Å². The maximum Gasteiger partial charge on any atom is 0.328 e. The molecule has 12 heteroatoms. The molecule has 0 spiro atoms. The van der Waals surface area contributed by atoms with Crippen molar-refractivity contribution in [2.24, 2.45) is 14.1 Å². The van der Waals surface area contributed by atoms with Gasteiger partial charge in [0.1, 0.15) is 11.7 Å². The summed E-state index contributed by atoms with van der Waals surface area (Å²) in [5.41, 5.74) is 8.86. The molecule has 0 radical (unpaired) electrons. The van der Waals surface area contributed by atoms with Gasteiger partial charge in [0.25, 0.3) is 5.91 Å². The molecule has 1 atom stereocenters. The Kier molecular flexibility index (Phi) is 8.62. The van der Waals surface area contributed by atoms with Crippen molar-refractivity contribution in [1.82, 2.24) is 39.3 Å². The summed E-state index contributed by atoms with van der Waals surface area (Å²) in [7, 11) is 3.62. The van der Waals surface area contributed by atoms with Crippen molar-refractivity contribution < 1.29 is 14.4 Å². The van der Waals surface area contributed by atoms with Crippen LogP contribution in [0.4, 0.5) is 0 Å². The SMILES string of the molecule is CC(C)c1cc(-c2cccc3cc(-c4ccc(C(=O)NCC#Cc5ccc6ncn(C7CCC(=O)NC7=O)c6c5)nc4)ncc23)cc2c1n(C)c(=O)n2C. The molecule has 268 valence electrons. The number of hydrogen-bond donors (Lipinski definition) is 2. The van der Waals surface area contributed by atoms with E-state index in [0.29, 0.717) is 17.5 Å². The number of nitrogens with zero attached hydrogens (tertiary/aromatic N) is 6. The monoisotopic (exact) mass is 716 g/mol. The minimum absolute atomic E-state index is 0.0521. The Labute approximate surface area is 309 Å². The Morgan fingerprint density at radius 3 is 2.56 bits per heavy atom. The van der Waals surface area contributed by atoms with Crippen molar-refractivity contribution in [2.75, 3.05) is 6.54 Å². The Bertz CT molecular complexity index is 2800. The van der Waals surface area contributed by atoms with Gasteiger partial charge in [-0.25, -0.2) is 9.78 Å². The Morgan fingerprint density at radius 2 is 1.78 bits per heavy atom. The summed E-state index contributed by atoms with van der Waals surface area (Å²) in [6.45, 7) is 4.38. The van der Waals surface area contributed by atoms with Gasteiger partial charge in [-0.15, -0.1) is 0 Å².